The third-order valence-electron chi connectivity index (χ3n) is 3.42. The third-order valence-corrected chi connectivity index (χ3v) is 4.40. The number of halogens is 6. The Bertz CT molecular complexity index is 723. The van der Waals surface area contributed by atoms with Gasteiger partial charge in [-0.15, -0.1) is 11.3 Å². The molecule has 1 atom stereocenters. The summed E-state index contributed by atoms with van der Waals surface area (Å²) in [7, 11) is 0. The van der Waals surface area contributed by atoms with E-state index >= 15 is 0 Å². The molecule has 0 aliphatic carbocycles. The van der Waals surface area contributed by atoms with E-state index in [0.29, 0.717) is 17.0 Å². The fourth-order valence-corrected chi connectivity index (χ4v) is 2.88. The molecule has 0 saturated carbocycles. The molecule has 1 aromatic heterocycles. The minimum atomic E-state index is -5.02. The molecule has 142 valence electrons. The van der Waals surface area contributed by atoms with Crippen LogP contribution in [0.15, 0.2) is 35.7 Å². The van der Waals surface area contributed by atoms with Crippen LogP contribution in [0, 0.1) is 0 Å². The zero-order valence-corrected chi connectivity index (χ0v) is 13.8. The van der Waals surface area contributed by atoms with Gasteiger partial charge in [0, 0.05) is 17.0 Å². The number of amides is 1. The summed E-state index contributed by atoms with van der Waals surface area (Å²) in [5.41, 5.74) is -3.87. The van der Waals surface area contributed by atoms with Gasteiger partial charge in [0.15, 0.2) is 0 Å². The first-order chi connectivity index (χ1) is 12.0. The van der Waals surface area contributed by atoms with Gasteiger partial charge < -0.3 is 10.4 Å². The lowest BCUT2D eigenvalue weighted by Gasteiger charge is -2.14. The quantitative estimate of drug-likeness (QED) is 0.723. The van der Waals surface area contributed by atoms with Crippen molar-refractivity contribution in [1.82, 2.24) is 5.32 Å². The van der Waals surface area contributed by atoms with Crippen LogP contribution in [0.1, 0.15) is 38.9 Å². The van der Waals surface area contributed by atoms with Crippen molar-refractivity contribution >= 4 is 17.2 Å². The molecule has 0 saturated heterocycles. The van der Waals surface area contributed by atoms with Crippen molar-refractivity contribution in [2.24, 2.45) is 0 Å². The zero-order chi connectivity index (χ0) is 19.5. The summed E-state index contributed by atoms with van der Waals surface area (Å²) >= 11 is 1.28. The number of hydrogen-bond donors (Lipinski definition) is 2. The fraction of sp³-hybridized carbons (Fsp3) is 0.312. The molecule has 0 aliphatic heterocycles. The molecule has 2 rings (SSSR count). The molecule has 0 bridgehead atoms. The van der Waals surface area contributed by atoms with E-state index in [4.69, 9.17) is 0 Å². The largest absolute Gasteiger partial charge is 0.416 e. The van der Waals surface area contributed by atoms with Crippen molar-refractivity contribution in [3.05, 3.63) is 57.3 Å². The SMILES string of the molecule is O=C(NCCC(O)c1cccs1)c1cc(C(F)(F)F)cc(C(F)(F)F)c1. The highest BCUT2D eigenvalue weighted by Crippen LogP contribution is 2.36. The number of rotatable bonds is 5. The van der Waals surface area contributed by atoms with E-state index in [-0.39, 0.29) is 19.0 Å². The number of hydrogen-bond acceptors (Lipinski definition) is 3. The van der Waals surface area contributed by atoms with Crippen molar-refractivity contribution in [3.8, 4) is 0 Å². The van der Waals surface area contributed by atoms with Crippen molar-refractivity contribution in [1.29, 1.82) is 0 Å². The normalized spacial score (nSPS) is 13.5. The van der Waals surface area contributed by atoms with Crippen molar-refractivity contribution in [2.75, 3.05) is 6.54 Å². The Labute approximate surface area is 148 Å². The average Bonchev–Trinajstić information content (AvgIpc) is 3.07. The Morgan fingerprint density at radius 1 is 1.08 bits per heavy atom. The Hall–Kier alpha value is -2.07. The molecule has 2 aromatic rings. The maximum atomic E-state index is 12.8. The number of aliphatic hydroxyl groups is 1. The smallest absolute Gasteiger partial charge is 0.388 e. The Morgan fingerprint density at radius 3 is 2.12 bits per heavy atom. The van der Waals surface area contributed by atoms with E-state index in [1.165, 1.54) is 11.3 Å². The highest BCUT2D eigenvalue weighted by atomic mass is 32.1. The number of carbonyl (C=O) groups excluding carboxylic acids is 1. The maximum Gasteiger partial charge on any atom is 0.416 e. The summed E-state index contributed by atoms with van der Waals surface area (Å²) in [6.45, 7) is -0.116. The van der Waals surface area contributed by atoms with E-state index in [9.17, 15) is 36.2 Å². The summed E-state index contributed by atoms with van der Waals surface area (Å²) < 4.78 is 76.7. The number of thiophene rings is 1. The Kier molecular flexibility index (Phi) is 5.97. The van der Waals surface area contributed by atoms with Crippen LogP contribution < -0.4 is 5.32 Å². The summed E-state index contributed by atoms with van der Waals surface area (Å²) in [5, 5.41) is 13.8. The van der Waals surface area contributed by atoms with E-state index in [2.05, 4.69) is 5.32 Å². The van der Waals surface area contributed by atoms with E-state index in [0.717, 1.165) is 0 Å². The van der Waals surface area contributed by atoms with Crippen LogP contribution in [-0.2, 0) is 12.4 Å². The van der Waals surface area contributed by atoms with Crippen LogP contribution in [0.25, 0.3) is 0 Å². The van der Waals surface area contributed by atoms with Crippen LogP contribution in [0.3, 0.4) is 0 Å². The van der Waals surface area contributed by atoms with Crippen molar-refractivity contribution in [3.63, 3.8) is 0 Å². The van der Waals surface area contributed by atoms with E-state index in [1.54, 1.807) is 17.5 Å². The van der Waals surface area contributed by atoms with E-state index < -0.39 is 41.1 Å². The number of benzene rings is 1. The van der Waals surface area contributed by atoms with E-state index in [1.807, 2.05) is 0 Å². The second-order valence-corrected chi connectivity index (χ2v) is 6.35. The number of nitrogens with one attached hydrogen (secondary N) is 1. The van der Waals surface area contributed by atoms with Gasteiger partial charge in [0.1, 0.15) is 0 Å². The van der Waals surface area contributed by atoms with Crippen LogP contribution in [0.4, 0.5) is 26.3 Å². The van der Waals surface area contributed by atoms with Crippen LogP contribution in [0.2, 0.25) is 0 Å². The lowest BCUT2D eigenvalue weighted by Crippen LogP contribution is -2.26. The first-order valence-corrected chi connectivity index (χ1v) is 8.15. The second-order valence-electron chi connectivity index (χ2n) is 5.37. The molecule has 1 heterocycles. The highest BCUT2D eigenvalue weighted by Gasteiger charge is 2.37. The van der Waals surface area contributed by atoms with Gasteiger partial charge in [0.2, 0.25) is 0 Å². The topological polar surface area (TPSA) is 49.3 Å². The average molecular weight is 397 g/mol. The minimum absolute atomic E-state index is 0.0443. The molecule has 2 N–H and O–H groups in total. The van der Waals surface area contributed by atoms with Gasteiger partial charge in [-0.05, 0) is 36.1 Å². The molecule has 26 heavy (non-hydrogen) atoms. The summed E-state index contributed by atoms with van der Waals surface area (Å²) in [4.78, 5) is 12.6. The Morgan fingerprint density at radius 2 is 1.65 bits per heavy atom. The van der Waals surface area contributed by atoms with Gasteiger partial charge in [-0.3, -0.25) is 4.79 Å². The zero-order valence-electron chi connectivity index (χ0n) is 13.0. The van der Waals surface area contributed by atoms with Gasteiger partial charge in [0.05, 0.1) is 17.2 Å². The van der Waals surface area contributed by atoms with Crippen molar-refractivity contribution in [2.45, 2.75) is 24.9 Å². The number of alkyl halides is 6. The second kappa shape index (κ2) is 7.67. The van der Waals surface area contributed by atoms with Gasteiger partial charge in [-0.25, -0.2) is 0 Å². The highest BCUT2D eigenvalue weighted by molar-refractivity contribution is 7.10. The molecule has 0 fully saturated rings. The molecule has 10 heteroatoms. The molecule has 1 unspecified atom stereocenters. The monoisotopic (exact) mass is 397 g/mol. The maximum absolute atomic E-state index is 12.8. The predicted octanol–water partition coefficient (Wildman–Crippen LogP) is 4.64. The van der Waals surface area contributed by atoms with Crippen molar-refractivity contribution < 1.29 is 36.2 Å². The van der Waals surface area contributed by atoms with Crippen LogP contribution in [-0.4, -0.2) is 17.6 Å². The first-order valence-electron chi connectivity index (χ1n) is 7.27. The molecular weight excluding hydrogens is 384 g/mol. The van der Waals surface area contributed by atoms with Crippen LogP contribution in [0.5, 0.6) is 0 Å². The number of aliphatic hydroxyl groups excluding tert-OH is 1. The van der Waals surface area contributed by atoms with Gasteiger partial charge in [0.25, 0.3) is 5.91 Å². The fourth-order valence-electron chi connectivity index (χ4n) is 2.13. The molecule has 0 radical (unpaired) electrons. The lowest BCUT2D eigenvalue weighted by atomic mass is 10.0. The van der Waals surface area contributed by atoms with Gasteiger partial charge >= 0.3 is 12.4 Å². The minimum Gasteiger partial charge on any atom is -0.388 e. The summed E-state index contributed by atoms with van der Waals surface area (Å²) in [6, 6.07) is 4.06. The molecule has 1 amide bonds. The Balaban J connectivity index is 2.12. The summed E-state index contributed by atoms with van der Waals surface area (Å²) in [5.74, 6) is -1.08. The van der Waals surface area contributed by atoms with Gasteiger partial charge in [-0.2, -0.15) is 26.3 Å². The third kappa shape index (κ3) is 5.21. The number of carbonyl (C=O) groups is 1. The molecule has 0 aliphatic rings. The lowest BCUT2D eigenvalue weighted by molar-refractivity contribution is -0.143. The molecule has 0 spiro atoms. The summed E-state index contributed by atoms with van der Waals surface area (Å²) in [6.07, 6.45) is -10.9. The van der Waals surface area contributed by atoms with Gasteiger partial charge in [-0.1, -0.05) is 6.07 Å². The molecule has 3 nitrogen and oxygen atoms in total. The molecule has 1 aromatic carbocycles. The van der Waals surface area contributed by atoms with Crippen LogP contribution >= 0.6 is 11.3 Å². The standard InChI is InChI=1S/C16H13F6NO2S/c17-15(18,19)10-6-9(7-11(8-10)16(20,21)22)14(25)23-4-3-12(24)13-2-1-5-26-13/h1-2,5-8,12,24H,3-4H2,(H,23,25). The first kappa shape index (κ1) is 20.2. The predicted molar refractivity (Wildman–Crippen MR) is 82.7 cm³/mol. The molecular formula is C16H13F6NO2S.